The van der Waals surface area contributed by atoms with E-state index in [9.17, 15) is 12.8 Å². The van der Waals surface area contributed by atoms with Crippen molar-refractivity contribution in [2.24, 2.45) is 0 Å². The molecule has 0 spiro atoms. The number of rotatable bonds is 7. The lowest BCUT2D eigenvalue weighted by Gasteiger charge is -2.09. The normalized spacial score (nSPS) is 11.5. The van der Waals surface area contributed by atoms with Gasteiger partial charge in [0.25, 0.3) is 0 Å². The maximum absolute atomic E-state index is 13.4. The van der Waals surface area contributed by atoms with Crippen LogP contribution in [0, 0.1) is 5.82 Å². The van der Waals surface area contributed by atoms with Crippen LogP contribution in [0.4, 0.5) is 10.2 Å². The van der Waals surface area contributed by atoms with Crippen LogP contribution < -0.4 is 10.0 Å². The molecule has 0 saturated carbocycles. The smallest absolute Gasteiger partial charge is 0.243 e. The Labute approximate surface area is 106 Å². The minimum Gasteiger partial charge on any atom is -0.383 e. The number of aromatic nitrogens is 1. The Hall–Kier alpha value is -1.25. The molecule has 1 aromatic rings. The van der Waals surface area contributed by atoms with Crippen LogP contribution in [-0.4, -0.2) is 40.2 Å². The zero-order chi connectivity index (χ0) is 13.6. The Kier molecular flexibility index (Phi) is 5.45. The van der Waals surface area contributed by atoms with E-state index >= 15 is 0 Å². The molecule has 0 aliphatic carbocycles. The summed E-state index contributed by atoms with van der Waals surface area (Å²) in [5.74, 6) is -0.599. The molecule has 1 rings (SSSR count). The van der Waals surface area contributed by atoms with Gasteiger partial charge in [0, 0.05) is 26.3 Å². The first-order valence-electron chi connectivity index (χ1n) is 5.39. The number of halogens is 1. The van der Waals surface area contributed by atoms with Crippen LogP contribution in [-0.2, 0) is 14.8 Å². The van der Waals surface area contributed by atoms with Crippen molar-refractivity contribution in [3.05, 3.63) is 18.1 Å². The Bertz CT molecular complexity index is 493. The number of anilines is 1. The van der Waals surface area contributed by atoms with Gasteiger partial charge in [-0.05, 0) is 0 Å². The third-order valence-corrected chi connectivity index (χ3v) is 3.62. The number of sulfonamides is 1. The van der Waals surface area contributed by atoms with E-state index in [0.717, 1.165) is 12.3 Å². The quantitative estimate of drug-likeness (QED) is 0.713. The zero-order valence-corrected chi connectivity index (χ0v) is 11.1. The summed E-state index contributed by atoms with van der Waals surface area (Å²) in [5.41, 5.74) is 0. The van der Waals surface area contributed by atoms with E-state index in [0.29, 0.717) is 13.2 Å². The predicted octanol–water partition coefficient (Wildman–Crippen LogP) is 0.577. The van der Waals surface area contributed by atoms with Crippen LogP contribution in [0.1, 0.15) is 6.92 Å². The van der Waals surface area contributed by atoms with E-state index in [1.54, 1.807) is 14.0 Å². The number of hydrogen-bond acceptors (Lipinski definition) is 5. The molecule has 6 nitrogen and oxygen atoms in total. The van der Waals surface area contributed by atoms with Crippen LogP contribution >= 0.6 is 0 Å². The Morgan fingerprint density at radius 3 is 2.83 bits per heavy atom. The first-order valence-corrected chi connectivity index (χ1v) is 6.87. The van der Waals surface area contributed by atoms with Crippen molar-refractivity contribution in [2.75, 3.05) is 32.1 Å². The number of methoxy groups -OCH3 is 1. The average Bonchev–Trinajstić information content (AvgIpc) is 2.31. The first-order chi connectivity index (χ1) is 8.51. The van der Waals surface area contributed by atoms with Crippen LogP contribution in [0.15, 0.2) is 17.2 Å². The summed E-state index contributed by atoms with van der Waals surface area (Å²) in [6.45, 7) is 2.70. The Morgan fingerprint density at radius 1 is 1.50 bits per heavy atom. The molecule has 0 unspecified atom stereocenters. The van der Waals surface area contributed by atoms with Crippen molar-refractivity contribution in [1.29, 1.82) is 0 Å². The molecule has 0 aliphatic heterocycles. The van der Waals surface area contributed by atoms with Crippen LogP contribution in [0.3, 0.4) is 0 Å². The SMILES string of the molecule is CCNS(=O)(=O)c1cc(NCCOC)ncc1F. The molecule has 1 aromatic heterocycles. The fraction of sp³-hybridized carbons (Fsp3) is 0.500. The summed E-state index contributed by atoms with van der Waals surface area (Å²) in [4.78, 5) is 3.33. The van der Waals surface area contributed by atoms with E-state index in [4.69, 9.17) is 4.74 Å². The molecule has 8 heteroatoms. The van der Waals surface area contributed by atoms with Gasteiger partial charge >= 0.3 is 0 Å². The van der Waals surface area contributed by atoms with E-state index in [1.165, 1.54) is 0 Å². The molecule has 0 atom stereocenters. The highest BCUT2D eigenvalue weighted by Crippen LogP contribution is 2.16. The number of nitrogens with zero attached hydrogens (tertiary/aromatic N) is 1. The zero-order valence-electron chi connectivity index (χ0n) is 10.2. The molecule has 0 bridgehead atoms. The van der Waals surface area contributed by atoms with Gasteiger partial charge in [-0.25, -0.2) is 22.5 Å². The topological polar surface area (TPSA) is 80.3 Å². The lowest BCUT2D eigenvalue weighted by atomic mass is 10.4. The maximum atomic E-state index is 13.4. The summed E-state index contributed by atoms with van der Waals surface area (Å²) in [5, 5.41) is 2.83. The number of pyridine rings is 1. The lowest BCUT2D eigenvalue weighted by Crippen LogP contribution is -2.24. The third kappa shape index (κ3) is 3.90. The molecule has 0 aliphatic rings. The average molecular weight is 277 g/mol. The molecule has 0 amide bonds. The fourth-order valence-electron chi connectivity index (χ4n) is 1.27. The molecular weight excluding hydrogens is 261 g/mol. The van der Waals surface area contributed by atoms with Gasteiger partial charge < -0.3 is 10.1 Å². The van der Waals surface area contributed by atoms with Gasteiger partial charge in [-0.2, -0.15) is 0 Å². The minimum atomic E-state index is -3.83. The van der Waals surface area contributed by atoms with Gasteiger partial charge in [0.05, 0.1) is 12.8 Å². The van der Waals surface area contributed by atoms with Crippen molar-refractivity contribution < 1.29 is 17.5 Å². The van der Waals surface area contributed by atoms with Crippen LogP contribution in [0.5, 0.6) is 0 Å². The second kappa shape index (κ2) is 6.62. The van der Waals surface area contributed by atoms with Crippen molar-refractivity contribution in [3.8, 4) is 0 Å². The number of hydrogen-bond donors (Lipinski definition) is 2. The molecule has 102 valence electrons. The van der Waals surface area contributed by atoms with Crippen molar-refractivity contribution in [3.63, 3.8) is 0 Å². The van der Waals surface area contributed by atoms with Crippen molar-refractivity contribution >= 4 is 15.8 Å². The van der Waals surface area contributed by atoms with Crippen LogP contribution in [0.25, 0.3) is 0 Å². The minimum absolute atomic E-state index is 0.191. The van der Waals surface area contributed by atoms with Gasteiger partial charge in [-0.3, -0.25) is 0 Å². The van der Waals surface area contributed by atoms with Gasteiger partial charge in [-0.1, -0.05) is 6.92 Å². The number of nitrogens with one attached hydrogen (secondary N) is 2. The molecule has 0 radical (unpaired) electrons. The largest absolute Gasteiger partial charge is 0.383 e. The van der Waals surface area contributed by atoms with Crippen molar-refractivity contribution in [2.45, 2.75) is 11.8 Å². The molecule has 0 aromatic carbocycles. The molecule has 18 heavy (non-hydrogen) atoms. The van der Waals surface area contributed by atoms with E-state index in [-0.39, 0.29) is 12.4 Å². The third-order valence-electron chi connectivity index (χ3n) is 2.06. The second-order valence-corrected chi connectivity index (χ2v) is 5.16. The standard InChI is InChI=1S/C10H16FN3O3S/c1-3-14-18(15,16)9-6-10(12-4-5-17-2)13-7-8(9)11/h6-7,14H,3-5H2,1-2H3,(H,12,13). The Morgan fingerprint density at radius 2 is 2.22 bits per heavy atom. The fourth-order valence-corrected chi connectivity index (χ4v) is 2.38. The summed E-state index contributed by atoms with van der Waals surface area (Å²) >= 11 is 0. The van der Waals surface area contributed by atoms with E-state index < -0.39 is 20.7 Å². The van der Waals surface area contributed by atoms with Gasteiger partial charge in [0.2, 0.25) is 10.0 Å². The monoisotopic (exact) mass is 277 g/mol. The maximum Gasteiger partial charge on any atom is 0.243 e. The highest BCUT2D eigenvalue weighted by molar-refractivity contribution is 7.89. The number of ether oxygens (including phenoxy) is 1. The lowest BCUT2D eigenvalue weighted by molar-refractivity contribution is 0.210. The molecule has 1 heterocycles. The first kappa shape index (κ1) is 14.8. The summed E-state index contributed by atoms with van der Waals surface area (Å²) in [6, 6.07) is 1.16. The summed E-state index contributed by atoms with van der Waals surface area (Å²) in [7, 11) is -2.29. The predicted molar refractivity (Wildman–Crippen MR) is 65.4 cm³/mol. The van der Waals surface area contributed by atoms with Gasteiger partial charge in [-0.15, -0.1) is 0 Å². The molecule has 2 N–H and O–H groups in total. The summed E-state index contributed by atoms with van der Waals surface area (Å²) in [6.07, 6.45) is 0.874. The Balaban J connectivity index is 2.94. The van der Waals surface area contributed by atoms with Crippen LogP contribution in [0.2, 0.25) is 0 Å². The summed E-state index contributed by atoms with van der Waals surface area (Å²) < 4.78 is 43.9. The van der Waals surface area contributed by atoms with E-state index in [1.807, 2.05) is 0 Å². The van der Waals surface area contributed by atoms with Gasteiger partial charge in [0.15, 0.2) is 5.82 Å². The highest BCUT2D eigenvalue weighted by Gasteiger charge is 2.19. The molecule has 0 fully saturated rings. The van der Waals surface area contributed by atoms with Gasteiger partial charge in [0.1, 0.15) is 10.7 Å². The molecular formula is C10H16FN3O3S. The van der Waals surface area contributed by atoms with E-state index in [2.05, 4.69) is 15.0 Å². The highest BCUT2D eigenvalue weighted by atomic mass is 32.2. The molecule has 0 saturated heterocycles. The second-order valence-electron chi connectivity index (χ2n) is 3.42. The van der Waals surface area contributed by atoms with Crippen molar-refractivity contribution in [1.82, 2.24) is 9.71 Å².